The Morgan fingerprint density at radius 3 is 2.58 bits per heavy atom. The zero-order valence-corrected chi connectivity index (χ0v) is 23.2. The quantitative estimate of drug-likeness (QED) is 0.177. The molecule has 5 aromatic rings. The summed E-state index contributed by atoms with van der Waals surface area (Å²) in [7, 11) is 0. The van der Waals surface area contributed by atoms with E-state index in [1.54, 1.807) is 24.4 Å². The predicted molar refractivity (Wildman–Crippen MR) is 160 cm³/mol. The van der Waals surface area contributed by atoms with Crippen molar-refractivity contribution in [3.05, 3.63) is 95.9 Å². The molecule has 0 radical (unpaired) electrons. The number of alkyl halides is 3. The summed E-state index contributed by atoms with van der Waals surface area (Å²) in [6.07, 6.45) is 0.0561. The van der Waals surface area contributed by atoms with Crippen LogP contribution in [0.15, 0.2) is 79.3 Å². The van der Waals surface area contributed by atoms with E-state index in [4.69, 9.17) is 4.98 Å². The summed E-state index contributed by atoms with van der Waals surface area (Å²) in [5.74, 6) is 0.465. The lowest BCUT2D eigenvalue weighted by Crippen LogP contribution is -2.35. The Balaban J connectivity index is 1.28. The van der Waals surface area contributed by atoms with Crippen LogP contribution >= 0.6 is 0 Å². The van der Waals surface area contributed by atoms with Crippen molar-refractivity contribution in [2.45, 2.75) is 32.0 Å². The van der Waals surface area contributed by atoms with Gasteiger partial charge in [-0.25, -0.2) is 15.0 Å². The monoisotopic (exact) mass is 586 g/mol. The molecule has 0 saturated carbocycles. The van der Waals surface area contributed by atoms with Crippen LogP contribution in [-0.4, -0.2) is 44.6 Å². The number of aryl methyl sites for hydroxylation is 1. The van der Waals surface area contributed by atoms with Crippen LogP contribution in [0.25, 0.3) is 16.9 Å². The Bertz CT molecular complexity index is 1760. The van der Waals surface area contributed by atoms with Crippen LogP contribution in [0.5, 0.6) is 0 Å². The number of hydrogen-bond acceptors (Lipinski definition) is 7. The summed E-state index contributed by atoms with van der Waals surface area (Å²) in [4.78, 5) is 26.4. The topological polar surface area (TPSA) is 109 Å². The van der Waals surface area contributed by atoms with Crippen LogP contribution in [0.4, 0.5) is 36.2 Å². The number of amides is 1. The predicted octanol–water partition coefficient (Wildman–Crippen LogP) is 6.30. The van der Waals surface area contributed by atoms with Crippen LogP contribution in [0.3, 0.4) is 0 Å². The first-order chi connectivity index (χ1) is 20.7. The maximum Gasteiger partial charge on any atom is 0.416 e. The number of nitrogens with one attached hydrogen (secondary N) is 4. The average Bonchev–Trinajstić information content (AvgIpc) is 3.37. The third-order valence-electron chi connectivity index (χ3n) is 7.33. The summed E-state index contributed by atoms with van der Waals surface area (Å²) < 4.78 is 43.1. The highest BCUT2D eigenvalue weighted by molar-refractivity contribution is 6.05. The molecule has 1 amide bonds. The first kappa shape index (κ1) is 28.2. The summed E-state index contributed by atoms with van der Waals surface area (Å²) >= 11 is 0. The number of carbonyl (C=O) groups is 1. The van der Waals surface area contributed by atoms with Gasteiger partial charge in [-0.05, 0) is 86.9 Å². The average molecular weight is 587 g/mol. The molecular weight excluding hydrogens is 557 g/mol. The molecule has 4 N–H and O–H groups in total. The first-order valence-corrected chi connectivity index (χ1v) is 13.9. The van der Waals surface area contributed by atoms with Gasteiger partial charge in [0, 0.05) is 34.9 Å². The molecular formula is C31H29F3N8O. The van der Waals surface area contributed by atoms with Crippen molar-refractivity contribution in [2.75, 3.05) is 29.0 Å². The maximum atomic E-state index is 13.8. The van der Waals surface area contributed by atoms with Crippen molar-refractivity contribution in [1.29, 1.82) is 0 Å². The first-order valence-electron chi connectivity index (χ1n) is 13.9. The smallest absolute Gasteiger partial charge is 0.382 e. The van der Waals surface area contributed by atoms with Gasteiger partial charge in [-0.3, -0.25) is 9.36 Å². The summed E-state index contributed by atoms with van der Waals surface area (Å²) in [6.45, 7) is 3.46. The molecule has 9 nitrogen and oxygen atoms in total. The van der Waals surface area contributed by atoms with E-state index in [1.165, 1.54) is 12.4 Å². The van der Waals surface area contributed by atoms with Crippen molar-refractivity contribution >= 4 is 40.0 Å². The second-order valence-corrected chi connectivity index (χ2v) is 10.4. The molecule has 3 heterocycles. The van der Waals surface area contributed by atoms with Crippen LogP contribution in [0, 0.1) is 6.92 Å². The number of nitrogens with zero attached hydrogens (tertiary/aromatic N) is 4. The lowest BCUT2D eigenvalue weighted by molar-refractivity contribution is -0.137. The largest absolute Gasteiger partial charge is 0.416 e. The van der Waals surface area contributed by atoms with E-state index in [0.29, 0.717) is 23.1 Å². The normalized spacial score (nSPS) is 14.0. The molecule has 0 unspecified atom stereocenters. The number of fused-ring (bicyclic) bond motifs is 1. The van der Waals surface area contributed by atoms with Gasteiger partial charge in [-0.2, -0.15) is 13.2 Å². The van der Waals surface area contributed by atoms with Gasteiger partial charge < -0.3 is 21.3 Å². The Hall–Kier alpha value is -4.97. The molecule has 1 aliphatic heterocycles. The molecule has 2 aromatic heterocycles. The molecule has 1 saturated heterocycles. The summed E-state index contributed by atoms with van der Waals surface area (Å²) in [5.41, 5.74) is 2.81. The second-order valence-electron chi connectivity index (χ2n) is 10.4. The Morgan fingerprint density at radius 2 is 1.81 bits per heavy atom. The molecule has 0 spiro atoms. The van der Waals surface area contributed by atoms with Gasteiger partial charge in [-0.15, -0.1) is 0 Å². The minimum atomic E-state index is -4.60. The SMILES string of the molecule is Cc1ccc(NC(=O)c2cc(NC3CCNCC3)cc(C(F)(F)F)c2)cc1Nc1nc2ccccc2n1-c1ccncn1. The number of benzene rings is 3. The van der Waals surface area contributed by atoms with Crippen LogP contribution in [0.1, 0.15) is 34.3 Å². The fourth-order valence-corrected chi connectivity index (χ4v) is 5.12. The molecule has 0 aliphatic carbocycles. The molecule has 12 heteroatoms. The fraction of sp³-hybridized carbons (Fsp3) is 0.226. The molecule has 1 fully saturated rings. The Kier molecular flexibility index (Phi) is 7.68. The van der Waals surface area contributed by atoms with Crippen molar-refractivity contribution in [3.63, 3.8) is 0 Å². The molecule has 6 rings (SSSR count). The number of aromatic nitrogens is 4. The third-order valence-corrected chi connectivity index (χ3v) is 7.33. The number of halogens is 3. The number of imidazole rings is 1. The number of piperidine rings is 1. The van der Waals surface area contributed by atoms with E-state index >= 15 is 0 Å². The van der Waals surface area contributed by atoms with Gasteiger partial charge in [0.15, 0.2) is 0 Å². The number of anilines is 4. The van der Waals surface area contributed by atoms with E-state index in [-0.39, 0.29) is 17.3 Å². The molecule has 3 aromatic carbocycles. The Labute approximate surface area is 245 Å². The lowest BCUT2D eigenvalue weighted by Gasteiger charge is -2.25. The number of hydrogen-bond donors (Lipinski definition) is 4. The van der Waals surface area contributed by atoms with Gasteiger partial charge in [0.25, 0.3) is 5.91 Å². The maximum absolute atomic E-state index is 13.8. The third kappa shape index (κ3) is 6.28. The molecule has 0 atom stereocenters. The van der Waals surface area contributed by atoms with Gasteiger partial charge in [0.05, 0.1) is 16.6 Å². The van der Waals surface area contributed by atoms with E-state index in [2.05, 4.69) is 31.2 Å². The summed E-state index contributed by atoms with van der Waals surface area (Å²) in [6, 6.07) is 18.1. The van der Waals surface area contributed by atoms with Gasteiger partial charge >= 0.3 is 6.18 Å². The van der Waals surface area contributed by atoms with E-state index in [9.17, 15) is 18.0 Å². The van der Waals surface area contributed by atoms with E-state index in [0.717, 1.165) is 54.7 Å². The minimum Gasteiger partial charge on any atom is -0.382 e. The van der Waals surface area contributed by atoms with Gasteiger partial charge in [0.2, 0.25) is 5.95 Å². The molecule has 0 bridgehead atoms. The van der Waals surface area contributed by atoms with Crippen molar-refractivity contribution in [2.24, 2.45) is 0 Å². The molecule has 220 valence electrons. The van der Waals surface area contributed by atoms with Crippen molar-refractivity contribution < 1.29 is 18.0 Å². The standard InChI is InChI=1S/C31H29F3N8O/c1-19-6-7-23(17-26(19)41-30-40-25-4-2-3-5-27(25)42(30)28-10-13-36-18-37-28)39-29(43)20-14-21(31(32,33)34)16-24(15-20)38-22-8-11-35-12-9-22/h2-7,10,13-18,22,35,38H,8-9,11-12H2,1H3,(H,39,43)(H,40,41). The van der Waals surface area contributed by atoms with E-state index in [1.807, 2.05) is 41.8 Å². The van der Waals surface area contributed by atoms with Crippen molar-refractivity contribution in [3.8, 4) is 5.82 Å². The van der Waals surface area contributed by atoms with Gasteiger partial charge in [0.1, 0.15) is 12.1 Å². The Morgan fingerprint density at radius 1 is 1.00 bits per heavy atom. The highest BCUT2D eigenvalue weighted by Crippen LogP contribution is 2.33. The number of para-hydroxylation sites is 2. The van der Waals surface area contributed by atoms with E-state index < -0.39 is 17.6 Å². The van der Waals surface area contributed by atoms with Gasteiger partial charge in [-0.1, -0.05) is 18.2 Å². The molecule has 1 aliphatic rings. The zero-order chi connectivity index (χ0) is 30.0. The number of rotatable bonds is 7. The highest BCUT2D eigenvalue weighted by Gasteiger charge is 2.32. The summed E-state index contributed by atoms with van der Waals surface area (Å²) in [5, 5.41) is 12.5. The number of carbonyl (C=O) groups excluding carboxylic acids is 1. The lowest BCUT2D eigenvalue weighted by atomic mass is 10.0. The fourth-order valence-electron chi connectivity index (χ4n) is 5.12. The zero-order valence-electron chi connectivity index (χ0n) is 23.2. The van der Waals surface area contributed by atoms with Crippen LogP contribution in [0.2, 0.25) is 0 Å². The molecule has 43 heavy (non-hydrogen) atoms. The second kappa shape index (κ2) is 11.7. The van der Waals surface area contributed by atoms with Crippen LogP contribution in [-0.2, 0) is 6.18 Å². The van der Waals surface area contributed by atoms with Crippen LogP contribution < -0.4 is 21.3 Å². The highest BCUT2D eigenvalue weighted by atomic mass is 19.4. The van der Waals surface area contributed by atoms with Crippen molar-refractivity contribution in [1.82, 2.24) is 24.8 Å². The minimum absolute atomic E-state index is 0.0259.